The topological polar surface area (TPSA) is 21.3 Å². The molecule has 0 atom stereocenters. The van der Waals surface area contributed by atoms with Gasteiger partial charge in [0, 0.05) is 17.3 Å². The minimum absolute atomic E-state index is 0.235. The van der Waals surface area contributed by atoms with Gasteiger partial charge in [0.25, 0.3) is 0 Å². The molecule has 0 fully saturated rings. The van der Waals surface area contributed by atoms with Crippen LogP contribution in [-0.4, -0.2) is 25.9 Å². The Balaban J connectivity index is 2.07. The molecule has 0 aliphatic rings. The van der Waals surface area contributed by atoms with Crippen molar-refractivity contribution in [2.45, 2.75) is 12.6 Å². The highest BCUT2D eigenvalue weighted by molar-refractivity contribution is 6.30. The van der Waals surface area contributed by atoms with Gasteiger partial charge < -0.3 is 10.1 Å². The number of hydrogen-bond acceptors (Lipinski definition) is 2. The van der Waals surface area contributed by atoms with Gasteiger partial charge in [-0.1, -0.05) is 11.6 Å². The van der Waals surface area contributed by atoms with E-state index in [1.807, 2.05) is 0 Å². The Hall–Kier alpha value is -0.940. The molecule has 0 saturated carbocycles. The third-order valence-corrected chi connectivity index (χ3v) is 2.20. The number of halogens is 4. The zero-order valence-electron chi connectivity index (χ0n) is 9.06. The minimum Gasteiger partial charge on any atom is -0.383 e. The van der Waals surface area contributed by atoms with Crippen LogP contribution in [0.25, 0.3) is 0 Å². The van der Waals surface area contributed by atoms with E-state index < -0.39 is 12.6 Å². The molecule has 96 valence electrons. The number of anilines is 1. The van der Waals surface area contributed by atoms with Crippen molar-refractivity contribution in [1.29, 1.82) is 0 Å². The fourth-order valence-electron chi connectivity index (χ4n) is 1.13. The third-order valence-electron chi connectivity index (χ3n) is 1.95. The van der Waals surface area contributed by atoms with Gasteiger partial charge in [-0.3, -0.25) is 0 Å². The van der Waals surface area contributed by atoms with Crippen LogP contribution in [0.2, 0.25) is 5.02 Å². The summed E-state index contributed by atoms with van der Waals surface area (Å²) >= 11 is 5.70. The van der Waals surface area contributed by atoms with Gasteiger partial charge in [0.1, 0.15) is 0 Å². The molecular weight excluding hydrogens is 255 g/mol. The minimum atomic E-state index is -4.15. The van der Waals surface area contributed by atoms with E-state index in [1.54, 1.807) is 24.3 Å². The molecule has 0 aliphatic heterocycles. The van der Waals surface area contributed by atoms with Gasteiger partial charge in [0.05, 0.1) is 19.6 Å². The van der Waals surface area contributed by atoms with E-state index in [-0.39, 0.29) is 13.2 Å². The van der Waals surface area contributed by atoms with Crippen LogP contribution in [0, 0.1) is 0 Å². The number of ether oxygens (including phenoxy) is 1. The van der Waals surface area contributed by atoms with Gasteiger partial charge in [-0.2, -0.15) is 13.2 Å². The second kappa shape index (κ2) is 6.71. The van der Waals surface area contributed by atoms with Crippen molar-refractivity contribution < 1.29 is 17.9 Å². The predicted molar refractivity (Wildman–Crippen MR) is 61.4 cm³/mol. The van der Waals surface area contributed by atoms with E-state index in [0.717, 1.165) is 5.69 Å². The third kappa shape index (κ3) is 7.07. The molecule has 0 radical (unpaired) electrons. The molecule has 0 aliphatic carbocycles. The Morgan fingerprint density at radius 1 is 1.12 bits per heavy atom. The molecule has 0 spiro atoms. The second-order valence-corrected chi connectivity index (χ2v) is 3.85. The summed E-state index contributed by atoms with van der Waals surface area (Å²) in [6.45, 7) is 0.393. The molecule has 1 N–H and O–H groups in total. The van der Waals surface area contributed by atoms with Crippen LogP contribution in [-0.2, 0) is 4.74 Å². The molecule has 1 rings (SSSR count). The summed E-state index contributed by atoms with van der Waals surface area (Å²) in [6, 6.07) is 7.04. The van der Waals surface area contributed by atoms with E-state index in [9.17, 15) is 13.2 Å². The smallest absolute Gasteiger partial charge is 0.383 e. The molecule has 0 heterocycles. The van der Waals surface area contributed by atoms with E-state index in [4.69, 9.17) is 16.3 Å². The first-order valence-corrected chi connectivity index (χ1v) is 5.49. The van der Waals surface area contributed by atoms with Crippen LogP contribution in [0.5, 0.6) is 0 Å². The van der Waals surface area contributed by atoms with Crippen molar-refractivity contribution in [2.24, 2.45) is 0 Å². The molecular formula is C11H13ClF3NO. The Morgan fingerprint density at radius 3 is 2.35 bits per heavy atom. The molecule has 0 unspecified atom stereocenters. The number of benzene rings is 1. The molecule has 17 heavy (non-hydrogen) atoms. The molecule has 0 saturated heterocycles. The van der Waals surface area contributed by atoms with E-state index >= 15 is 0 Å². The quantitative estimate of drug-likeness (QED) is 0.793. The number of nitrogens with one attached hydrogen (secondary N) is 1. The first-order chi connectivity index (χ1) is 7.97. The Bertz CT molecular complexity index is 326. The maximum absolute atomic E-state index is 11.8. The number of alkyl halides is 3. The lowest BCUT2D eigenvalue weighted by molar-refractivity contribution is -0.144. The van der Waals surface area contributed by atoms with Gasteiger partial charge >= 0.3 is 6.18 Å². The highest BCUT2D eigenvalue weighted by Gasteiger charge is 2.26. The van der Waals surface area contributed by atoms with E-state index in [0.29, 0.717) is 11.6 Å². The predicted octanol–water partition coefficient (Wildman–Crippen LogP) is 3.72. The fourth-order valence-corrected chi connectivity index (χ4v) is 1.25. The Morgan fingerprint density at radius 2 is 1.76 bits per heavy atom. The first-order valence-electron chi connectivity index (χ1n) is 5.11. The molecule has 6 heteroatoms. The van der Waals surface area contributed by atoms with Crippen LogP contribution in [0.4, 0.5) is 18.9 Å². The highest BCUT2D eigenvalue weighted by atomic mass is 35.5. The maximum Gasteiger partial charge on any atom is 0.391 e. The molecule has 0 amide bonds. The molecule has 0 aromatic heterocycles. The van der Waals surface area contributed by atoms with Crippen molar-refractivity contribution in [3.8, 4) is 0 Å². The SMILES string of the molecule is FC(F)(F)CCOCCNc1ccc(Cl)cc1. The maximum atomic E-state index is 11.8. The van der Waals surface area contributed by atoms with Crippen LogP contribution in [0.3, 0.4) is 0 Å². The second-order valence-electron chi connectivity index (χ2n) is 3.41. The van der Waals surface area contributed by atoms with Crippen molar-refractivity contribution >= 4 is 17.3 Å². The summed E-state index contributed by atoms with van der Waals surface area (Å²) in [4.78, 5) is 0. The largest absolute Gasteiger partial charge is 0.391 e. The lowest BCUT2D eigenvalue weighted by Crippen LogP contribution is -2.15. The van der Waals surface area contributed by atoms with Gasteiger partial charge in [-0.05, 0) is 24.3 Å². The van der Waals surface area contributed by atoms with E-state index in [1.165, 1.54) is 0 Å². The summed E-state index contributed by atoms with van der Waals surface area (Å²) in [5.41, 5.74) is 0.855. The average Bonchev–Trinajstić information content (AvgIpc) is 2.24. The fraction of sp³-hybridized carbons (Fsp3) is 0.455. The number of rotatable bonds is 6. The van der Waals surface area contributed by atoms with Gasteiger partial charge in [-0.15, -0.1) is 0 Å². The standard InChI is InChI=1S/C11H13ClF3NO/c12-9-1-3-10(4-2-9)16-6-8-17-7-5-11(13,14)15/h1-4,16H,5-8H2. The van der Waals surface area contributed by atoms with Crippen LogP contribution in [0.1, 0.15) is 6.42 Å². The van der Waals surface area contributed by atoms with Gasteiger partial charge in [-0.25, -0.2) is 0 Å². The lowest BCUT2D eigenvalue weighted by Gasteiger charge is -2.08. The summed E-state index contributed by atoms with van der Waals surface area (Å²) < 4.78 is 40.1. The molecule has 2 nitrogen and oxygen atoms in total. The Kier molecular flexibility index (Phi) is 5.58. The van der Waals surface area contributed by atoms with Crippen LogP contribution >= 0.6 is 11.6 Å². The van der Waals surface area contributed by atoms with Crippen molar-refractivity contribution in [3.05, 3.63) is 29.3 Å². The normalized spacial score (nSPS) is 11.5. The molecule has 1 aromatic carbocycles. The van der Waals surface area contributed by atoms with Crippen LogP contribution in [0.15, 0.2) is 24.3 Å². The lowest BCUT2D eigenvalue weighted by atomic mass is 10.3. The van der Waals surface area contributed by atoms with Crippen molar-refractivity contribution in [2.75, 3.05) is 25.1 Å². The monoisotopic (exact) mass is 267 g/mol. The summed E-state index contributed by atoms with van der Waals surface area (Å²) in [5, 5.41) is 3.64. The zero-order valence-corrected chi connectivity index (χ0v) is 9.81. The number of hydrogen-bond donors (Lipinski definition) is 1. The van der Waals surface area contributed by atoms with Crippen LogP contribution < -0.4 is 5.32 Å². The molecule has 1 aromatic rings. The Labute approximate surface area is 103 Å². The van der Waals surface area contributed by atoms with Crippen molar-refractivity contribution in [3.63, 3.8) is 0 Å². The first kappa shape index (κ1) is 14.1. The molecule has 0 bridgehead atoms. The van der Waals surface area contributed by atoms with Gasteiger partial charge in [0.2, 0.25) is 0 Å². The summed E-state index contributed by atoms with van der Waals surface area (Å²) in [5.74, 6) is 0. The van der Waals surface area contributed by atoms with Crippen molar-refractivity contribution in [1.82, 2.24) is 0 Å². The summed E-state index contributed by atoms with van der Waals surface area (Å²) in [7, 11) is 0. The van der Waals surface area contributed by atoms with E-state index in [2.05, 4.69) is 5.32 Å². The average molecular weight is 268 g/mol. The highest BCUT2D eigenvalue weighted by Crippen LogP contribution is 2.18. The zero-order chi connectivity index (χ0) is 12.7. The van der Waals surface area contributed by atoms with Gasteiger partial charge in [0.15, 0.2) is 0 Å². The summed E-state index contributed by atoms with van der Waals surface area (Å²) in [6.07, 6.45) is -5.06.